The number of nitro groups is 2. The highest BCUT2D eigenvalue weighted by Crippen LogP contribution is 2.36. The Morgan fingerprint density at radius 3 is 2.44 bits per heavy atom. The molecular weight excluding hydrogens is 360 g/mol. The quantitative estimate of drug-likeness (QED) is 0.428. The predicted molar refractivity (Wildman–Crippen MR) is 94.1 cm³/mol. The summed E-state index contributed by atoms with van der Waals surface area (Å²) >= 11 is 0. The van der Waals surface area contributed by atoms with Gasteiger partial charge in [-0.05, 0) is 25.1 Å². The van der Waals surface area contributed by atoms with Gasteiger partial charge in [0.1, 0.15) is 0 Å². The summed E-state index contributed by atoms with van der Waals surface area (Å²) in [6.45, 7) is 1.83. The summed E-state index contributed by atoms with van der Waals surface area (Å²) < 4.78 is 5.14. The lowest BCUT2D eigenvalue weighted by atomic mass is 10.2. The van der Waals surface area contributed by atoms with Crippen molar-refractivity contribution in [1.82, 2.24) is 5.43 Å². The van der Waals surface area contributed by atoms with Crippen LogP contribution in [0.2, 0.25) is 0 Å². The number of non-ortho nitro benzene ring substituents is 1. The predicted octanol–water partition coefficient (Wildman–Crippen LogP) is 2.37. The van der Waals surface area contributed by atoms with Crippen molar-refractivity contribution in [3.63, 3.8) is 0 Å². The molecule has 0 spiro atoms. The molecule has 2 N–H and O–H groups in total. The molecule has 0 aliphatic heterocycles. The maximum Gasteiger partial charge on any atom is 0.315 e. The van der Waals surface area contributed by atoms with Crippen molar-refractivity contribution < 1.29 is 24.5 Å². The van der Waals surface area contributed by atoms with E-state index in [-0.39, 0.29) is 29.2 Å². The van der Waals surface area contributed by atoms with Gasteiger partial charge in [-0.25, -0.2) is 5.43 Å². The summed E-state index contributed by atoms with van der Waals surface area (Å²) in [6, 6.07) is 7.28. The van der Waals surface area contributed by atoms with Gasteiger partial charge >= 0.3 is 5.69 Å². The number of amides is 1. The topological polar surface area (TPSA) is 157 Å². The second-order valence-electron chi connectivity index (χ2n) is 5.08. The Labute approximate surface area is 152 Å². The average Bonchev–Trinajstić information content (AvgIpc) is 2.64. The zero-order valence-electron chi connectivity index (χ0n) is 14.0. The number of nitrogens with zero attached hydrogens (tertiary/aromatic N) is 3. The molecule has 2 aromatic rings. The first-order valence-electron chi connectivity index (χ1n) is 7.55. The van der Waals surface area contributed by atoms with Gasteiger partial charge in [0.15, 0.2) is 5.75 Å². The van der Waals surface area contributed by atoms with E-state index < -0.39 is 27.2 Å². The van der Waals surface area contributed by atoms with Crippen LogP contribution in [0.25, 0.3) is 0 Å². The third-order valence-electron chi connectivity index (χ3n) is 3.29. The van der Waals surface area contributed by atoms with Gasteiger partial charge in [-0.1, -0.05) is 0 Å². The zero-order valence-corrected chi connectivity index (χ0v) is 14.0. The Kier molecular flexibility index (Phi) is 5.99. The monoisotopic (exact) mass is 374 g/mol. The molecule has 2 aromatic carbocycles. The molecule has 0 aliphatic carbocycles. The van der Waals surface area contributed by atoms with E-state index in [1.807, 2.05) is 0 Å². The van der Waals surface area contributed by atoms with Gasteiger partial charge in [-0.3, -0.25) is 25.0 Å². The molecule has 0 aliphatic rings. The van der Waals surface area contributed by atoms with Crippen molar-refractivity contribution in [3.05, 3.63) is 67.8 Å². The largest absolute Gasteiger partial charge is 0.500 e. The van der Waals surface area contributed by atoms with E-state index >= 15 is 0 Å². The van der Waals surface area contributed by atoms with Gasteiger partial charge in [0, 0.05) is 29.3 Å². The SMILES string of the molecule is CCOc1cc(/C=N\NC(=O)c2ccc([N+](=O)[O-])cc2)cc([N+](=O)[O-])c1O. The van der Waals surface area contributed by atoms with Crippen LogP contribution in [0, 0.1) is 20.2 Å². The molecule has 0 saturated carbocycles. The Balaban J connectivity index is 2.16. The van der Waals surface area contributed by atoms with Crippen LogP contribution in [0.3, 0.4) is 0 Å². The first-order chi connectivity index (χ1) is 12.8. The number of ether oxygens (including phenoxy) is 1. The van der Waals surface area contributed by atoms with Crippen molar-refractivity contribution in [3.8, 4) is 11.5 Å². The number of hydrogen-bond donors (Lipinski definition) is 2. The molecule has 11 heteroatoms. The van der Waals surface area contributed by atoms with Crippen LogP contribution in [0.1, 0.15) is 22.8 Å². The fourth-order valence-corrected chi connectivity index (χ4v) is 2.06. The third kappa shape index (κ3) is 4.75. The van der Waals surface area contributed by atoms with E-state index in [0.717, 1.165) is 12.3 Å². The van der Waals surface area contributed by atoms with Crippen LogP contribution >= 0.6 is 0 Å². The van der Waals surface area contributed by atoms with Crippen molar-refractivity contribution >= 4 is 23.5 Å². The highest BCUT2D eigenvalue weighted by molar-refractivity contribution is 5.95. The number of nitrogens with one attached hydrogen (secondary N) is 1. The molecule has 0 atom stereocenters. The molecule has 1 amide bonds. The lowest BCUT2D eigenvalue weighted by Gasteiger charge is -2.07. The minimum atomic E-state index is -0.773. The summed E-state index contributed by atoms with van der Waals surface area (Å²) in [5.41, 5.74) is 1.83. The smallest absolute Gasteiger partial charge is 0.315 e. The molecule has 0 heterocycles. The lowest BCUT2D eigenvalue weighted by Crippen LogP contribution is -2.17. The number of nitro benzene ring substituents is 2. The normalized spacial score (nSPS) is 10.6. The van der Waals surface area contributed by atoms with Crippen molar-refractivity contribution in [1.29, 1.82) is 0 Å². The van der Waals surface area contributed by atoms with Crippen LogP contribution in [-0.2, 0) is 0 Å². The summed E-state index contributed by atoms with van der Waals surface area (Å²) in [4.78, 5) is 32.2. The first-order valence-corrected chi connectivity index (χ1v) is 7.55. The van der Waals surface area contributed by atoms with E-state index in [1.54, 1.807) is 6.92 Å². The van der Waals surface area contributed by atoms with Gasteiger partial charge in [0.2, 0.25) is 5.75 Å². The van der Waals surface area contributed by atoms with Crippen molar-refractivity contribution in [2.75, 3.05) is 6.61 Å². The molecule has 0 radical (unpaired) electrons. The number of rotatable bonds is 7. The minimum absolute atomic E-state index is 0.0881. The van der Waals surface area contributed by atoms with E-state index in [0.29, 0.717) is 0 Å². The molecule has 140 valence electrons. The Hall–Kier alpha value is -4.02. The number of carbonyl (C=O) groups is 1. The Bertz CT molecular complexity index is 910. The second-order valence-corrected chi connectivity index (χ2v) is 5.08. The summed E-state index contributed by atoms with van der Waals surface area (Å²) in [6.07, 6.45) is 1.14. The summed E-state index contributed by atoms with van der Waals surface area (Å²) in [5.74, 6) is -1.32. The summed E-state index contributed by atoms with van der Waals surface area (Å²) in [7, 11) is 0. The molecule has 0 saturated heterocycles. The van der Waals surface area contributed by atoms with Gasteiger partial charge in [-0.2, -0.15) is 5.10 Å². The van der Waals surface area contributed by atoms with Gasteiger partial charge < -0.3 is 9.84 Å². The number of hydrogen-bond acceptors (Lipinski definition) is 8. The number of benzene rings is 2. The maximum atomic E-state index is 11.9. The first kappa shape index (κ1) is 19.3. The molecule has 11 nitrogen and oxygen atoms in total. The van der Waals surface area contributed by atoms with Crippen molar-refractivity contribution in [2.24, 2.45) is 5.10 Å². The minimum Gasteiger partial charge on any atom is -0.500 e. The Morgan fingerprint density at radius 1 is 1.22 bits per heavy atom. The molecule has 0 fully saturated rings. The molecule has 27 heavy (non-hydrogen) atoms. The lowest BCUT2D eigenvalue weighted by molar-refractivity contribution is -0.386. The van der Waals surface area contributed by atoms with Crippen LogP contribution in [0.4, 0.5) is 11.4 Å². The number of hydrazone groups is 1. The van der Waals surface area contributed by atoms with Crippen LogP contribution in [-0.4, -0.2) is 33.7 Å². The second kappa shape index (κ2) is 8.38. The van der Waals surface area contributed by atoms with Crippen LogP contribution < -0.4 is 10.2 Å². The average molecular weight is 374 g/mol. The fraction of sp³-hybridized carbons (Fsp3) is 0.125. The molecule has 0 unspecified atom stereocenters. The third-order valence-corrected chi connectivity index (χ3v) is 3.29. The number of phenolic OH excluding ortho intramolecular Hbond substituents is 1. The fourth-order valence-electron chi connectivity index (χ4n) is 2.06. The molecule has 0 bridgehead atoms. The summed E-state index contributed by atoms with van der Waals surface area (Å²) in [5, 5.41) is 35.1. The van der Waals surface area contributed by atoms with E-state index in [9.17, 15) is 30.1 Å². The number of phenols is 1. The highest BCUT2D eigenvalue weighted by atomic mass is 16.6. The van der Waals surface area contributed by atoms with E-state index in [2.05, 4.69) is 10.5 Å². The zero-order chi connectivity index (χ0) is 20.0. The van der Waals surface area contributed by atoms with Gasteiger partial charge in [0.05, 0.1) is 22.7 Å². The van der Waals surface area contributed by atoms with Gasteiger partial charge in [-0.15, -0.1) is 0 Å². The maximum absolute atomic E-state index is 11.9. The van der Waals surface area contributed by atoms with Crippen LogP contribution in [0.5, 0.6) is 11.5 Å². The van der Waals surface area contributed by atoms with E-state index in [1.165, 1.54) is 30.3 Å². The molecular formula is C16H14N4O7. The molecule has 2 rings (SSSR count). The van der Waals surface area contributed by atoms with Crippen LogP contribution in [0.15, 0.2) is 41.5 Å². The molecule has 0 aromatic heterocycles. The standard InChI is InChI=1S/C16H14N4O7/c1-2-27-14-8-10(7-13(15(14)21)20(25)26)9-17-18-16(22)11-3-5-12(6-4-11)19(23)24/h3-9,21H,2H2,1H3,(H,18,22)/b17-9-. The van der Waals surface area contributed by atoms with Gasteiger partial charge in [0.25, 0.3) is 11.6 Å². The van der Waals surface area contributed by atoms with E-state index in [4.69, 9.17) is 4.74 Å². The van der Waals surface area contributed by atoms with Crippen molar-refractivity contribution in [2.45, 2.75) is 6.92 Å². The highest BCUT2D eigenvalue weighted by Gasteiger charge is 2.19. The number of carbonyl (C=O) groups excluding carboxylic acids is 1. The Morgan fingerprint density at radius 2 is 1.89 bits per heavy atom. The number of aromatic hydroxyl groups is 1.